The van der Waals surface area contributed by atoms with Crippen molar-refractivity contribution in [3.63, 3.8) is 0 Å². The summed E-state index contributed by atoms with van der Waals surface area (Å²) in [4.78, 5) is 14.2. The number of unbranched alkanes of at least 4 members (excludes halogenated alkanes) is 2. The van der Waals surface area contributed by atoms with Crippen LogP contribution in [-0.2, 0) is 6.42 Å². The Labute approximate surface area is 137 Å². The molecule has 118 valence electrons. The third-order valence-electron chi connectivity index (χ3n) is 3.48. The maximum atomic E-state index is 12.2. The summed E-state index contributed by atoms with van der Waals surface area (Å²) in [5.41, 5.74) is 1.23. The molecule has 1 aromatic rings. The van der Waals surface area contributed by atoms with Gasteiger partial charge in [0.25, 0.3) is 0 Å². The molecule has 0 aliphatic rings. The lowest BCUT2D eigenvalue weighted by molar-refractivity contribution is 0.196. The van der Waals surface area contributed by atoms with Crippen LogP contribution < -0.4 is 5.32 Å². The monoisotopic (exact) mass is 354 g/mol. The number of benzene rings is 1. The van der Waals surface area contributed by atoms with E-state index in [9.17, 15) is 4.79 Å². The number of urea groups is 1. The van der Waals surface area contributed by atoms with Gasteiger partial charge in [0.2, 0.25) is 0 Å². The number of nitrogens with zero attached hydrogens (tertiary/aromatic N) is 1. The summed E-state index contributed by atoms with van der Waals surface area (Å²) in [5.74, 6) is 0. The van der Waals surface area contributed by atoms with Crippen LogP contribution in [0.15, 0.2) is 28.7 Å². The topological polar surface area (TPSA) is 32.3 Å². The molecule has 2 amide bonds. The van der Waals surface area contributed by atoms with E-state index in [0.717, 1.165) is 49.7 Å². The third kappa shape index (κ3) is 6.98. The van der Waals surface area contributed by atoms with E-state index in [4.69, 9.17) is 0 Å². The minimum Gasteiger partial charge on any atom is -0.338 e. The Morgan fingerprint density at radius 2 is 1.76 bits per heavy atom. The number of hydrogen-bond acceptors (Lipinski definition) is 1. The van der Waals surface area contributed by atoms with Crippen molar-refractivity contribution in [3.8, 4) is 0 Å². The number of nitrogens with one attached hydrogen (secondary N) is 1. The molecule has 0 spiro atoms. The lowest BCUT2D eigenvalue weighted by atomic mass is 10.1. The van der Waals surface area contributed by atoms with Crippen LogP contribution in [0.5, 0.6) is 0 Å². The van der Waals surface area contributed by atoms with E-state index >= 15 is 0 Å². The molecule has 0 radical (unpaired) electrons. The van der Waals surface area contributed by atoms with Crippen molar-refractivity contribution in [2.45, 2.75) is 46.0 Å². The van der Waals surface area contributed by atoms with Gasteiger partial charge >= 0.3 is 6.03 Å². The highest BCUT2D eigenvalue weighted by molar-refractivity contribution is 9.10. The summed E-state index contributed by atoms with van der Waals surface area (Å²) in [6.07, 6.45) is 5.23. The first kappa shape index (κ1) is 18.0. The lowest BCUT2D eigenvalue weighted by Crippen LogP contribution is -2.41. The first-order valence-corrected chi connectivity index (χ1v) is 8.74. The van der Waals surface area contributed by atoms with Gasteiger partial charge in [0.05, 0.1) is 0 Å². The fraction of sp³-hybridized carbons (Fsp3) is 0.588. The van der Waals surface area contributed by atoms with E-state index < -0.39 is 0 Å². The summed E-state index contributed by atoms with van der Waals surface area (Å²) in [6, 6.07) is 8.22. The van der Waals surface area contributed by atoms with Crippen LogP contribution >= 0.6 is 15.9 Å². The fourth-order valence-electron chi connectivity index (χ4n) is 2.13. The van der Waals surface area contributed by atoms with Crippen LogP contribution in [0, 0.1) is 0 Å². The second-order valence-electron chi connectivity index (χ2n) is 5.27. The van der Waals surface area contributed by atoms with Gasteiger partial charge in [-0.25, -0.2) is 4.79 Å². The molecule has 0 unspecified atom stereocenters. The molecular formula is C17H27BrN2O. The molecule has 4 heteroatoms. The first-order valence-electron chi connectivity index (χ1n) is 7.95. The van der Waals surface area contributed by atoms with Crippen molar-refractivity contribution in [2.24, 2.45) is 0 Å². The molecule has 0 saturated heterocycles. The summed E-state index contributed by atoms with van der Waals surface area (Å²) >= 11 is 3.54. The highest BCUT2D eigenvalue weighted by atomic mass is 79.9. The van der Waals surface area contributed by atoms with Crippen molar-refractivity contribution in [3.05, 3.63) is 34.3 Å². The standard InChI is InChI=1S/C17H27BrN2O/c1-3-5-13-20(14-6-4-2)17(21)19-12-11-15-9-7-8-10-16(15)18/h7-10H,3-6,11-14H2,1-2H3,(H,19,21). The Morgan fingerprint density at radius 1 is 1.14 bits per heavy atom. The zero-order valence-corrected chi connectivity index (χ0v) is 14.8. The largest absolute Gasteiger partial charge is 0.338 e. The SMILES string of the molecule is CCCCN(CCCC)C(=O)NCCc1ccccc1Br. The predicted octanol–water partition coefficient (Wildman–Crippen LogP) is 4.60. The van der Waals surface area contributed by atoms with Crippen LogP contribution in [0.3, 0.4) is 0 Å². The fourth-order valence-corrected chi connectivity index (χ4v) is 2.61. The molecule has 0 saturated carbocycles. The second kappa shape index (κ2) is 10.7. The quantitative estimate of drug-likeness (QED) is 0.690. The third-order valence-corrected chi connectivity index (χ3v) is 4.25. The number of amides is 2. The van der Waals surface area contributed by atoms with Gasteiger partial charge in [0, 0.05) is 24.1 Å². The van der Waals surface area contributed by atoms with Gasteiger partial charge in [-0.15, -0.1) is 0 Å². The Kier molecular flexibility index (Phi) is 9.15. The predicted molar refractivity (Wildman–Crippen MR) is 92.6 cm³/mol. The summed E-state index contributed by atoms with van der Waals surface area (Å²) in [5, 5.41) is 3.04. The van der Waals surface area contributed by atoms with E-state index in [1.807, 2.05) is 23.1 Å². The van der Waals surface area contributed by atoms with Gasteiger partial charge in [-0.2, -0.15) is 0 Å². The molecule has 1 aromatic carbocycles. The van der Waals surface area contributed by atoms with E-state index in [0.29, 0.717) is 6.54 Å². The number of carbonyl (C=O) groups excluding carboxylic acids is 1. The highest BCUT2D eigenvalue weighted by Crippen LogP contribution is 2.15. The molecule has 0 aliphatic carbocycles. The minimum absolute atomic E-state index is 0.0731. The number of carbonyl (C=O) groups is 1. The lowest BCUT2D eigenvalue weighted by Gasteiger charge is -2.23. The molecule has 0 aliphatic heterocycles. The molecular weight excluding hydrogens is 328 g/mol. The maximum Gasteiger partial charge on any atom is 0.317 e. The van der Waals surface area contributed by atoms with E-state index in [1.165, 1.54) is 5.56 Å². The molecule has 0 heterocycles. The van der Waals surface area contributed by atoms with Crippen molar-refractivity contribution >= 4 is 22.0 Å². The number of halogens is 1. The average Bonchev–Trinajstić information content (AvgIpc) is 2.49. The van der Waals surface area contributed by atoms with Crippen LogP contribution in [-0.4, -0.2) is 30.6 Å². The van der Waals surface area contributed by atoms with Gasteiger partial charge in [-0.3, -0.25) is 0 Å². The summed E-state index contributed by atoms with van der Waals surface area (Å²) in [6.45, 7) is 6.70. The molecule has 1 N–H and O–H groups in total. The molecule has 0 aromatic heterocycles. The molecule has 0 bridgehead atoms. The highest BCUT2D eigenvalue weighted by Gasteiger charge is 2.11. The molecule has 0 fully saturated rings. The van der Waals surface area contributed by atoms with E-state index in [-0.39, 0.29) is 6.03 Å². The Bertz CT molecular complexity index is 415. The number of rotatable bonds is 9. The van der Waals surface area contributed by atoms with Gasteiger partial charge < -0.3 is 10.2 Å². The second-order valence-corrected chi connectivity index (χ2v) is 6.12. The van der Waals surface area contributed by atoms with Gasteiger partial charge in [0.15, 0.2) is 0 Å². The zero-order valence-electron chi connectivity index (χ0n) is 13.2. The molecule has 21 heavy (non-hydrogen) atoms. The van der Waals surface area contributed by atoms with Crippen LogP contribution in [0.2, 0.25) is 0 Å². The molecule has 0 atom stereocenters. The van der Waals surface area contributed by atoms with Crippen molar-refractivity contribution < 1.29 is 4.79 Å². The van der Waals surface area contributed by atoms with Crippen molar-refractivity contribution in [1.82, 2.24) is 10.2 Å². The minimum atomic E-state index is 0.0731. The smallest absolute Gasteiger partial charge is 0.317 e. The van der Waals surface area contributed by atoms with Gasteiger partial charge in [-0.1, -0.05) is 60.8 Å². The first-order chi connectivity index (χ1) is 10.2. The van der Waals surface area contributed by atoms with Crippen molar-refractivity contribution in [1.29, 1.82) is 0 Å². The maximum absolute atomic E-state index is 12.2. The number of hydrogen-bond donors (Lipinski definition) is 1. The molecule has 1 rings (SSSR count). The Morgan fingerprint density at radius 3 is 2.33 bits per heavy atom. The van der Waals surface area contributed by atoms with Gasteiger partial charge in [0.1, 0.15) is 0 Å². The van der Waals surface area contributed by atoms with Crippen molar-refractivity contribution in [2.75, 3.05) is 19.6 Å². The Hall–Kier alpha value is -1.03. The van der Waals surface area contributed by atoms with Gasteiger partial charge in [-0.05, 0) is 30.9 Å². The van der Waals surface area contributed by atoms with E-state index in [1.54, 1.807) is 0 Å². The average molecular weight is 355 g/mol. The normalized spacial score (nSPS) is 10.4. The summed E-state index contributed by atoms with van der Waals surface area (Å²) in [7, 11) is 0. The molecule has 3 nitrogen and oxygen atoms in total. The van der Waals surface area contributed by atoms with Crippen LogP contribution in [0.4, 0.5) is 4.79 Å². The van der Waals surface area contributed by atoms with Crippen LogP contribution in [0.25, 0.3) is 0 Å². The Balaban J connectivity index is 2.40. The zero-order chi connectivity index (χ0) is 15.5. The summed E-state index contributed by atoms with van der Waals surface area (Å²) < 4.78 is 1.10. The van der Waals surface area contributed by atoms with Crippen LogP contribution in [0.1, 0.15) is 45.1 Å². The van der Waals surface area contributed by atoms with E-state index in [2.05, 4.69) is 41.2 Å².